The monoisotopic (exact) mass is 294 g/mol. The number of hydrogen-bond acceptors (Lipinski definition) is 2. The van der Waals surface area contributed by atoms with Gasteiger partial charge in [0, 0.05) is 25.7 Å². The van der Waals surface area contributed by atoms with E-state index >= 15 is 0 Å². The van der Waals surface area contributed by atoms with Gasteiger partial charge in [-0.1, -0.05) is 18.7 Å². The molecule has 1 aliphatic carbocycles. The lowest BCUT2D eigenvalue weighted by Gasteiger charge is -2.15. The Morgan fingerprint density at radius 2 is 2.00 bits per heavy atom. The lowest BCUT2D eigenvalue weighted by Crippen LogP contribution is -2.26. The Morgan fingerprint density at radius 1 is 1.43 bits per heavy atom. The summed E-state index contributed by atoms with van der Waals surface area (Å²) in [6.45, 7) is 3.59. The molecule has 1 aliphatic rings. The minimum atomic E-state index is -2.85. The van der Waals surface area contributed by atoms with E-state index in [1.165, 1.54) is 11.0 Å². The first-order valence-corrected chi connectivity index (χ1v) is 6.50. The highest BCUT2D eigenvalue weighted by molar-refractivity contribution is 6.00. The van der Waals surface area contributed by atoms with Crippen molar-refractivity contribution in [3.05, 3.63) is 42.5 Å². The third-order valence-electron chi connectivity index (χ3n) is 3.44. The molecule has 2 amide bonds. The molecule has 0 unspecified atom stereocenters. The van der Waals surface area contributed by atoms with Gasteiger partial charge in [0.25, 0.3) is 5.92 Å². The Labute approximate surface area is 121 Å². The van der Waals surface area contributed by atoms with Crippen LogP contribution in [0, 0.1) is 5.92 Å². The summed E-state index contributed by atoms with van der Waals surface area (Å²) >= 11 is 0. The highest BCUT2D eigenvalue weighted by atomic mass is 19.3. The molecule has 0 bridgehead atoms. The fourth-order valence-electron chi connectivity index (χ4n) is 1.91. The van der Waals surface area contributed by atoms with Crippen LogP contribution in [-0.4, -0.2) is 24.8 Å². The topological polar surface area (TPSA) is 49.4 Å². The summed E-state index contributed by atoms with van der Waals surface area (Å²) in [6, 6.07) is 6.89. The van der Waals surface area contributed by atoms with Gasteiger partial charge in [0.2, 0.25) is 11.8 Å². The highest BCUT2D eigenvalue weighted by Crippen LogP contribution is 2.48. The van der Waals surface area contributed by atoms with Crippen molar-refractivity contribution in [2.75, 3.05) is 11.9 Å². The zero-order valence-electron chi connectivity index (χ0n) is 11.6. The second-order valence-electron chi connectivity index (χ2n) is 5.00. The van der Waals surface area contributed by atoms with Crippen LogP contribution in [0.5, 0.6) is 0 Å². The number of nitrogens with one attached hydrogen (secondary N) is 1. The molecule has 4 nitrogen and oxygen atoms in total. The maximum atomic E-state index is 12.7. The van der Waals surface area contributed by atoms with E-state index in [0.29, 0.717) is 5.69 Å². The van der Waals surface area contributed by atoms with Gasteiger partial charge in [-0.2, -0.15) is 0 Å². The van der Waals surface area contributed by atoms with Crippen molar-refractivity contribution in [2.45, 2.75) is 18.9 Å². The molecule has 1 atom stereocenters. The predicted octanol–water partition coefficient (Wildman–Crippen LogP) is 2.11. The summed E-state index contributed by atoms with van der Waals surface area (Å²) in [6.07, 6.45) is 0.843. The van der Waals surface area contributed by atoms with Crippen molar-refractivity contribution >= 4 is 17.5 Å². The summed E-state index contributed by atoms with van der Waals surface area (Å²) in [4.78, 5) is 24.3. The second-order valence-corrected chi connectivity index (χ2v) is 5.00. The standard InChI is InChI=1S/C15H16F2N2O2/c1-3-13(20)19(2)11-6-4-10(5-7-11)9-18-14(21)12-8-15(12,16)17/h3-7,12H,1,8-9H2,2H3,(H,18,21)/t12-/m0/s1. The largest absolute Gasteiger partial charge is 0.352 e. The van der Waals surface area contributed by atoms with E-state index in [1.807, 2.05) is 0 Å². The van der Waals surface area contributed by atoms with Crippen molar-refractivity contribution in [1.29, 1.82) is 0 Å². The zero-order chi connectivity index (χ0) is 15.6. The van der Waals surface area contributed by atoms with Crippen LogP contribution in [0.3, 0.4) is 0 Å². The molecule has 0 aromatic heterocycles. The van der Waals surface area contributed by atoms with Crippen molar-refractivity contribution < 1.29 is 18.4 Å². The van der Waals surface area contributed by atoms with Crippen LogP contribution >= 0.6 is 0 Å². The molecule has 0 heterocycles. The van der Waals surface area contributed by atoms with E-state index < -0.39 is 17.7 Å². The summed E-state index contributed by atoms with van der Waals surface area (Å²) < 4.78 is 25.4. The van der Waals surface area contributed by atoms with Gasteiger partial charge in [-0.15, -0.1) is 0 Å². The van der Waals surface area contributed by atoms with Crippen LogP contribution in [0.15, 0.2) is 36.9 Å². The molecular formula is C15H16F2N2O2. The first kappa shape index (κ1) is 15.2. The molecule has 1 aromatic carbocycles. The average Bonchev–Trinajstić information content (AvgIpc) is 3.12. The number of alkyl halides is 2. The maximum Gasteiger partial charge on any atom is 0.260 e. The number of nitrogens with zero attached hydrogens (tertiary/aromatic N) is 1. The van der Waals surface area contributed by atoms with Crippen LogP contribution in [0.2, 0.25) is 0 Å². The number of benzene rings is 1. The van der Waals surface area contributed by atoms with Gasteiger partial charge < -0.3 is 10.2 Å². The molecule has 112 valence electrons. The molecule has 0 spiro atoms. The lowest BCUT2D eigenvalue weighted by atomic mass is 10.2. The third kappa shape index (κ3) is 3.45. The SMILES string of the molecule is C=CC(=O)N(C)c1ccc(CNC(=O)[C@@H]2CC2(F)F)cc1. The summed E-state index contributed by atoms with van der Waals surface area (Å²) in [7, 11) is 1.62. The maximum absolute atomic E-state index is 12.7. The molecule has 2 rings (SSSR count). The van der Waals surface area contributed by atoms with E-state index in [-0.39, 0.29) is 18.9 Å². The minimum absolute atomic E-state index is 0.185. The quantitative estimate of drug-likeness (QED) is 0.846. The normalized spacial score (nSPS) is 18.7. The highest BCUT2D eigenvalue weighted by Gasteiger charge is 2.61. The van der Waals surface area contributed by atoms with E-state index in [1.54, 1.807) is 31.3 Å². The molecule has 1 aromatic rings. The molecule has 1 N–H and O–H groups in total. The van der Waals surface area contributed by atoms with Crippen LogP contribution in [-0.2, 0) is 16.1 Å². The lowest BCUT2D eigenvalue weighted by molar-refractivity contribution is -0.124. The van der Waals surface area contributed by atoms with Crippen LogP contribution in [0.1, 0.15) is 12.0 Å². The van der Waals surface area contributed by atoms with Crippen molar-refractivity contribution in [3.8, 4) is 0 Å². The van der Waals surface area contributed by atoms with Crippen molar-refractivity contribution in [1.82, 2.24) is 5.32 Å². The Bertz CT molecular complexity index is 570. The Balaban J connectivity index is 1.89. The van der Waals surface area contributed by atoms with Gasteiger partial charge in [0.15, 0.2) is 0 Å². The molecule has 0 saturated heterocycles. The predicted molar refractivity (Wildman–Crippen MR) is 74.9 cm³/mol. The smallest absolute Gasteiger partial charge is 0.260 e. The summed E-state index contributed by atoms with van der Waals surface area (Å²) in [5.41, 5.74) is 1.46. The number of amides is 2. The molecule has 1 saturated carbocycles. The fourth-order valence-corrected chi connectivity index (χ4v) is 1.91. The van der Waals surface area contributed by atoms with Gasteiger partial charge in [-0.05, 0) is 23.8 Å². The molecule has 0 radical (unpaired) electrons. The van der Waals surface area contributed by atoms with E-state index in [4.69, 9.17) is 0 Å². The van der Waals surface area contributed by atoms with E-state index in [2.05, 4.69) is 11.9 Å². The number of halogens is 2. The van der Waals surface area contributed by atoms with Crippen LogP contribution < -0.4 is 10.2 Å². The Kier molecular flexibility index (Phi) is 4.06. The van der Waals surface area contributed by atoms with Gasteiger partial charge in [0.05, 0.1) is 0 Å². The van der Waals surface area contributed by atoms with Crippen LogP contribution in [0.4, 0.5) is 14.5 Å². The molecule has 0 aliphatic heterocycles. The van der Waals surface area contributed by atoms with Gasteiger partial charge in [-0.25, -0.2) is 8.78 Å². The van der Waals surface area contributed by atoms with Gasteiger partial charge >= 0.3 is 0 Å². The molecule has 21 heavy (non-hydrogen) atoms. The van der Waals surface area contributed by atoms with Crippen LogP contribution in [0.25, 0.3) is 0 Å². The minimum Gasteiger partial charge on any atom is -0.352 e. The van der Waals surface area contributed by atoms with Gasteiger partial charge in [-0.3, -0.25) is 9.59 Å². The number of likely N-dealkylation sites (N-methyl/N-ethyl adjacent to an activating group) is 1. The molecule has 1 fully saturated rings. The first-order valence-electron chi connectivity index (χ1n) is 6.50. The summed E-state index contributed by atoms with van der Waals surface area (Å²) in [5, 5.41) is 2.48. The van der Waals surface area contributed by atoms with E-state index in [9.17, 15) is 18.4 Å². The molecular weight excluding hydrogens is 278 g/mol. The van der Waals surface area contributed by atoms with Crippen molar-refractivity contribution in [3.63, 3.8) is 0 Å². The Morgan fingerprint density at radius 3 is 2.48 bits per heavy atom. The Hall–Kier alpha value is -2.24. The number of carbonyl (C=O) groups is 2. The number of rotatable bonds is 5. The summed E-state index contributed by atoms with van der Waals surface area (Å²) in [5.74, 6) is -4.88. The van der Waals surface area contributed by atoms with Crippen molar-refractivity contribution in [2.24, 2.45) is 5.92 Å². The van der Waals surface area contributed by atoms with Gasteiger partial charge in [0.1, 0.15) is 5.92 Å². The molecule has 6 heteroatoms. The van der Waals surface area contributed by atoms with E-state index in [0.717, 1.165) is 5.56 Å². The average molecular weight is 294 g/mol. The zero-order valence-corrected chi connectivity index (χ0v) is 11.6. The number of anilines is 1. The number of hydrogen-bond donors (Lipinski definition) is 1. The third-order valence-corrected chi connectivity index (χ3v) is 3.44. The first-order chi connectivity index (χ1) is 9.85. The fraction of sp³-hybridized carbons (Fsp3) is 0.333. The second kappa shape index (κ2) is 5.63. The number of carbonyl (C=O) groups excluding carboxylic acids is 2.